The SMILES string of the molecule is CN(C(=O)N(C)C1CNCC1c1ccc(F)cc1)c1cc(Cl)cc(C(F)(F)F)c1. The quantitative estimate of drug-likeness (QED) is 0.715. The number of halogens is 5. The van der Waals surface area contributed by atoms with E-state index in [0.717, 1.165) is 22.6 Å². The van der Waals surface area contributed by atoms with E-state index >= 15 is 0 Å². The molecule has 0 bridgehead atoms. The van der Waals surface area contributed by atoms with Gasteiger partial charge in [0.1, 0.15) is 5.82 Å². The molecule has 2 aromatic carbocycles. The molecule has 4 nitrogen and oxygen atoms in total. The van der Waals surface area contributed by atoms with Crippen LogP contribution in [0.2, 0.25) is 5.02 Å². The summed E-state index contributed by atoms with van der Waals surface area (Å²) in [6, 6.07) is 8.39. The summed E-state index contributed by atoms with van der Waals surface area (Å²) in [5.41, 5.74) is 0.00537. The lowest BCUT2D eigenvalue weighted by atomic mass is 9.93. The fourth-order valence-corrected chi connectivity index (χ4v) is 3.77. The minimum absolute atomic E-state index is 0.0472. The number of nitrogens with zero attached hydrogens (tertiary/aromatic N) is 2. The number of benzene rings is 2. The highest BCUT2D eigenvalue weighted by molar-refractivity contribution is 6.31. The van der Waals surface area contributed by atoms with E-state index in [1.807, 2.05) is 0 Å². The van der Waals surface area contributed by atoms with Gasteiger partial charge in [0, 0.05) is 43.8 Å². The molecule has 0 aromatic heterocycles. The van der Waals surface area contributed by atoms with Crippen LogP contribution in [-0.2, 0) is 6.18 Å². The lowest BCUT2D eigenvalue weighted by molar-refractivity contribution is -0.137. The van der Waals surface area contributed by atoms with Crippen LogP contribution in [0, 0.1) is 5.82 Å². The molecule has 9 heteroatoms. The van der Waals surface area contributed by atoms with Gasteiger partial charge in [-0.2, -0.15) is 13.2 Å². The second kappa shape index (κ2) is 8.20. The summed E-state index contributed by atoms with van der Waals surface area (Å²) in [5.74, 6) is -0.412. The molecule has 2 amide bonds. The average Bonchev–Trinajstić information content (AvgIpc) is 3.15. The highest BCUT2D eigenvalue weighted by Crippen LogP contribution is 2.35. The zero-order chi connectivity index (χ0) is 21.3. The highest BCUT2D eigenvalue weighted by Gasteiger charge is 2.36. The Labute approximate surface area is 171 Å². The summed E-state index contributed by atoms with van der Waals surface area (Å²) in [6.07, 6.45) is -4.57. The van der Waals surface area contributed by atoms with Gasteiger partial charge >= 0.3 is 12.2 Å². The lowest BCUT2D eigenvalue weighted by Crippen LogP contribution is -2.47. The van der Waals surface area contributed by atoms with Crippen molar-refractivity contribution in [2.75, 3.05) is 32.1 Å². The molecule has 1 aliphatic rings. The Hall–Kier alpha value is -2.32. The molecule has 0 aliphatic carbocycles. The summed E-state index contributed by atoms with van der Waals surface area (Å²) in [4.78, 5) is 15.6. The van der Waals surface area contributed by atoms with E-state index in [2.05, 4.69) is 5.32 Å². The third-order valence-electron chi connectivity index (χ3n) is 5.16. The van der Waals surface area contributed by atoms with Crippen LogP contribution in [0.4, 0.5) is 28.0 Å². The lowest BCUT2D eigenvalue weighted by Gasteiger charge is -2.33. The Balaban J connectivity index is 1.82. The molecule has 2 atom stereocenters. The maximum atomic E-state index is 13.2. The average molecular weight is 430 g/mol. The number of anilines is 1. The molecule has 1 saturated heterocycles. The van der Waals surface area contributed by atoms with Crippen LogP contribution in [0.1, 0.15) is 17.0 Å². The number of carbonyl (C=O) groups excluding carboxylic acids is 1. The molecule has 1 N–H and O–H groups in total. The van der Waals surface area contributed by atoms with Crippen molar-refractivity contribution in [3.05, 3.63) is 64.4 Å². The first kappa shape index (κ1) is 21.4. The minimum atomic E-state index is -4.57. The molecule has 0 spiro atoms. The van der Waals surface area contributed by atoms with Gasteiger partial charge in [-0.05, 0) is 35.9 Å². The van der Waals surface area contributed by atoms with Crippen LogP contribution in [0.3, 0.4) is 0 Å². The van der Waals surface area contributed by atoms with E-state index in [0.29, 0.717) is 13.1 Å². The van der Waals surface area contributed by atoms with Crippen molar-refractivity contribution >= 4 is 23.3 Å². The highest BCUT2D eigenvalue weighted by atomic mass is 35.5. The van der Waals surface area contributed by atoms with Gasteiger partial charge in [0.15, 0.2) is 0 Å². The fourth-order valence-electron chi connectivity index (χ4n) is 3.54. The summed E-state index contributed by atoms with van der Waals surface area (Å²) >= 11 is 5.84. The number of likely N-dealkylation sites (N-methyl/N-ethyl adjacent to an activating group) is 1. The number of nitrogens with one attached hydrogen (secondary N) is 1. The van der Waals surface area contributed by atoms with Gasteiger partial charge < -0.3 is 10.2 Å². The number of hydrogen-bond acceptors (Lipinski definition) is 2. The largest absolute Gasteiger partial charge is 0.416 e. The Morgan fingerprint density at radius 3 is 2.38 bits per heavy atom. The van der Waals surface area contributed by atoms with E-state index in [1.165, 1.54) is 30.1 Å². The molecule has 2 aromatic rings. The summed E-state index contributed by atoms with van der Waals surface area (Å²) in [7, 11) is 3.00. The molecule has 1 fully saturated rings. The molecule has 1 heterocycles. The van der Waals surface area contributed by atoms with Crippen LogP contribution >= 0.6 is 11.6 Å². The van der Waals surface area contributed by atoms with Gasteiger partial charge in [0.2, 0.25) is 0 Å². The number of carbonyl (C=O) groups is 1. The predicted molar refractivity (Wildman–Crippen MR) is 104 cm³/mol. The second-order valence-electron chi connectivity index (χ2n) is 7.03. The van der Waals surface area contributed by atoms with Crippen LogP contribution in [0.15, 0.2) is 42.5 Å². The molecule has 156 valence electrons. The molecule has 0 saturated carbocycles. The van der Waals surface area contributed by atoms with Crippen molar-refractivity contribution in [2.45, 2.75) is 18.1 Å². The predicted octanol–water partition coefficient (Wildman–Crippen LogP) is 4.74. The summed E-state index contributed by atoms with van der Waals surface area (Å²) in [5, 5.41) is 3.10. The first-order valence-electron chi connectivity index (χ1n) is 8.92. The van der Waals surface area contributed by atoms with Crippen molar-refractivity contribution in [1.82, 2.24) is 10.2 Å². The van der Waals surface area contributed by atoms with Crippen LogP contribution in [-0.4, -0.2) is 44.2 Å². The normalized spacial score (nSPS) is 19.3. The smallest absolute Gasteiger partial charge is 0.322 e. The van der Waals surface area contributed by atoms with Crippen molar-refractivity contribution in [2.24, 2.45) is 0 Å². The molecule has 29 heavy (non-hydrogen) atoms. The fraction of sp³-hybridized carbons (Fsp3) is 0.350. The summed E-state index contributed by atoms with van der Waals surface area (Å²) < 4.78 is 52.5. The van der Waals surface area contributed by atoms with Crippen LogP contribution < -0.4 is 10.2 Å². The van der Waals surface area contributed by atoms with Crippen LogP contribution in [0.5, 0.6) is 0 Å². The number of hydrogen-bond donors (Lipinski definition) is 1. The van der Waals surface area contributed by atoms with Gasteiger partial charge in [0.05, 0.1) is 11.6 Å². The van der Waals surface area contributed by atoms with Gasteiger partial charge in [-0.25, -0.2) is 9.18 Å². The maximum absolute atomic E-state index is 13.2. The first-order chi connectivity index (χ1) is 13.6. The van der Waals surface area contributed by atoms with Crippen LogP contribution in [0.25, 0.3) is 0 Å². The third-order valence-corrected chi connectivity index (χ3v) is 5.38. The van der Waals surface area contributed by atoms with Gasteiger partial charge in [-0.1, -0.05) is 23.7 Å². The van der Waals surface area contributed by atoms with E-state index < -0.39 is 17.8 Å². The van der Waals surface area contributed by atoms with Crippen molar-refractivity contribution in [3.63, 3.8) is 0 Å². The van der Waals surface area contributed by atoms with E-state index in [1.54, 1.807) is 19.2 Å². The number of rotatable bonds is 3. The maximum Gasteiger partial charge on any atom is 0.416 e. The second-order valence-corrected chi connectivity index (χ2v) is 7.47. The Morgan fingerprint density at radius 1 is 1.10 bits per heavy atom. The standard InChI is InChI=1S/C20H20ClF4N3O/c1-27(16-8-13(20(23,24)25)7-14(21)9-16)19(29)28(2)18-11-26-10-17(18)12-3-5-15(22)6-4-12/h3-9,17-18,26H,10-11H2,1-2H3. The van der Waals surface area contributed by atoms with Crippen molar-refractivity contribution in [1.29, 1.82) is 0 Å². The number of amides is 2. The first-order valence-corrected chi connectivity index (χ1v) is 9.30. The molecule has 3 rings (SSSR count). The minimum Gasteiger partial charge on any atom is -0.322 e. The molecule has 1 aliphatic heterocycles. The van der Waals surface area contributed by atoms with E-state index in [4.69, 9.17) is 11.6 Å². The number of alkyl halides is 3. The van der Waals surface area contributed by atoms with E-state index in [-0.39, 0.29) is 28.5 Å². The molecule has 0 radical (unpaired) electrons. The molecular formula is C20H20ClF4N3O. The molecular weight excluding hydrogens is 410 g/mol. The Morgan fingerprint density at radius 2 is 1.76 bits per heavy atom. The third kappa shape index (κ3) is 4.64. The van der Waals surface area contributed by atoms with Gasteiger partial charge in [-0.15, -0.1) is 0 Å². The zero-order valence-electron chi connectivity index (χ0n) is 15.8. The zero-order valence-corrected chi connectivity index (χ0v) is 16.6. The topological polar surface area (TPSA) is 35.6 Å². The Kier molecular flexibility index (Phi) is 6.05. The Bertz CT molecular complexity index is 888. The van der Waals surface area contributed by atoms with Gasteiger partial charge in [-0.3, -0.25) is 4.90 Å². The van der Waals surface area contributed by atoms with Gasteiger partial charge in [0.25, 0.3) is 0 Å². The molecule has 2 unspecified atom stereocenters. The van der Waals surface area contributed by atoms with E-state index in [9.17, 15) is 22.4 Å². The number of urea groups is 1. The van der Waals surface area contributed by atoms with Crippen molar-refractivity contribution in [3.8, 4) is 0 Å². The van der Waals surface area contributed by atoms with Crippen molar-refractivity contribution < 1.29 is 22.4 Å². The monoisotopic (exact) mass is 429 g/mol. The summed E-state index contributed by atoms with van der Waals surface area (Å²) in [6.45, 7) is 1.12.